The minimum atomic E-state index is -0.425. The first-order valence-electron chi connectivity index (χ1n) is 8.48. The molecule has 1 amide bonds. The molecule has 0 bridgehead atoms. The lowest BCUT2D eigenvalue weighted by Gasteiger charge is -2.17. The molecule has 0 spiro atoms. The molecule has 2 aromatic carbocycles. The van der Waals surface area contributed by atoms with Gasteiger partial charge >= 0.3 is 6.01 Å². The summed E-state index contributed by atoms with van der Waals surface area (Å²) in [5.74, 6) is -0.587. The Labute approximate surface area is 161 Å². The van der Waals surface area contributed by atoms with Gasteiger partial charge in [0.15, 0.2) is 5.82 Å². The summed E-state index contributed by atoms with van der Waals surface area (Å²) in [5.41, 5.74) is 0.545. The number of para-hydroxylation sites is 2. The number of rotatable bonds is 5. The zero-order valence-corrected chi connectivity index (χ0v) is 15.6. The number of carbonyl (C=O) groups is 1. The van der Waals surface area contributed by atoms with E-state index in [1.807, 2.05) is 0 Å². The molecule has 1 aromatic heterocycles. The highest BCUT2D eigenvalue weighted by atomic mass is 16.5. The molecule has 28 heavy (non-hydrogen) atoms. The van der Waals surface area contributed by atoms with E-state index in [9.17, 15) is 20.1 Å². The second-order valence-corrected chi connectivity index (χ2v) is 6.04. The summed E-state index contributed by atoms with van der Waals surface area (Å²) < 4.78 is 6.60. The van der Waals surface area contributed by atoms with Crippen molar-refractivity contribution in [1.29, 1.82) is 0 Å². The molecule has 0 saturated heterocycles. The molecule has 3 N–H and O–H groups in total. The molecule has 0 radical (unpaired) electrons. The van der Waals surface area contributed by atoms with Crippen molar-refractivity contribution in [2.24, 2.45) is 0 Å². The minimum Gasteiger partial charge on any atom is -0.507 e. The summed E-state index contributed by atoms with van der Waals surface area (Å²) in [6.07, 6.45) is 0. The van der Waals surface area contributed by atoms with Crippen LogP contribution in [0.5, 0.6) is 23.3 Å². The van der Waals surface area contributed by atoms with Gasteiger partial charge in [0.2, 0.25) is 0 Å². The first kappa shape index (κ1) is 19.0. The smallest absolute Gasteiger partial charge is 0.319 e. The highest BCUT2D eigenvalue weighted by Gasteiger charge is 2.24. The molecule has 3 rings (SSSR count). The van der Waals surface area contributed by atoms with E-state index in [4.69, 9.17) is 4.74 Å². The van der Waals surface area contributed by atoms with Crippen LogP contribution in [-0.4, -0.2) is 61.6 Å². The Hall–Kier alpha value is -3.75. The van der Waals surface area contributed by atoms with Crippen LogP contribution in [0.25, 0.3) is 17.1 Å². The molecule has 3 aromatic rings. The number of amides is 1. The van der Waals surface area contributed by atoms with Gasteiger partial charge in [0.25, 0.3) is 5.91 Å². The molecule has 0 aliphatic carbocycles. The number of hydrogen-bond donors (Lipinski definition) is 3. The van der Waals surface area contributed by atoms with Crippen LogP contribution in [0.1, 0.15) is 17.3 Å². The van der Waals surface area contributed by atoms with Crippen molar-refractivity contribution < 1.29 is 24.9 Å². The van der Waals surface area contributed by atoms with Crippen LogP contribution in [0.15, 0.2) is 36.4 Å². The van der Waals surface area contributed by atoms with Crippen molar-refractivity contribution in [1.82, 2.24) is 19.7 Å². The van der Waals surface area contributed by atoms with Gasteiger partial charge in [0, 0.05) is 19.7 Å². The maximum absolute atomic E-state index is 12.5. The number of nitrogens with zero attached hydrogens (tertiary/aromatic N) is 4. The van der Waals surface area contributed by atoms with Crippen LogP contribution in [0, 0.1) is 0 Å². The van der Waals surface area contributed by atoms with E-state index in [1.54, 1.807) is 38.2 Å². The highest BCUT2D eigenvalue weighted by Crippen LogP contribution is 2.38. The zero-order valence-electron chi connectivity index (χ0n) is 15.6. The third-order valence-corrected chi connectivity index (χ3v) is 4.38. The van der Waals surface area contributed by atoms with Crippen molar-refractivity contribution in [3.8, 4) is 40.3 Å². The van der Waals surface area contributed by atoms with E-state index in [2.05, 4.69) is 10.2 Å². The van der Waals surface area contributed by atoms with Crippen LogP contribution < -0.4 is 4.74 Å². The van der Waals surface area contributed by atoms with Crippen molar-refractivity contribution in [2.75, 3.05) is 20.7 Å². The molecule has 0 aliphatic rings. The Morgan fingerprint density at radius 2 is 1.86 bits per heavy atom. The largest absolute Gasteiger partial charge is 0.507 e. The van der Waals surface area contributed by atoms with Gasteiger partial charge in [-0.15, -0.1) is 5.10 Å². The zero-order chi connectivity index (χ0) is 20.4. The third kappa shape index (κ3) is 3.18. The molecular formula is C19H20N4O5. The summed E-state index contributed by atoms with van der Waals surface area (Å²) in [5, 5.41) is 38.4. The second kappa shape index (κ2) is 7.47. The van der Waals surface area contributed by atoms with Gasteiger partial charge in [-0.2, -0.15) is 0 Å². The maximum atomic E-state index is 12.5. The van der Waals surface area contributed by atoms with E-state index in [0.29, 0.717) is 18.0 Å². The lowest BCUT2D eigenvalue weighted by atomic mass is 10.1. The molecule has 1 heterocycles. The van der Waals surface area contributed by atoms with E-state index in [-0.39, 0.29) is 28.5 Å². The maximum Gasteiger partial charge on any atom is 0.319 e. The fraction of sp³-hybridized carbons (Fsp3) is 0.211. The Morgan fingerprint density at radius 3 is 2.54 bits per heavy atom. The summed E-state index contributed by atoms with van der Waals surface area (Å²) in [6.45, 7) is 2.24. The topological polar surface area (TPSA) is 121 Å². The van der Waals surface area contributed by atoms with E-state index in [0.717, 1.165) is 6.07 Å². The highest BCUT2D eigenvalue weighted by molar-refractivity contribution is 5.98. The van der Waals surface area contributed by atoms with Gasteiger partial charge < -0.3 is 25.0 Å². The van der Waals surface area contributed by atoms with E-state index in [1.165, 1.54) is 22.6 Å². The predicted molar refractivity (Wildman–Crippen MR) is 101 cm³/mol. The van der Waals surface area contributed by atoms with Crippen LogP contribution in [0.4, 0.5) is 0 Å². The van der Waals surface area contributed by atoms with Gasteiger partial charge in [0.05, 0.1) is 23.9 Å². The average molecular weight is 384 g/mol. The van der Waals surface area contributed by atoms with Gasteiger partial charge in [-0.05, 0) is 25.1 Å². The number of hydrogen-bond acceptors (Lipinski definition) is 7. The molecule has 0 aliphatic heterocycles. The molecule has 0 unspecified atom stereocenters. The normalized spacial score (nSPS) is 10.7. The average Bonchev–Trinajstić information content (AvgIpc) is 3.07. The number of aromatic nitrogens is 3. The summed E-state index contributed by atoms with van der Waals surface area (Å²) in [4.78, 5) is 13.9. The SMILES string of the molecule is CCN(C)C(=O)c1cc(-c2nnc(O)n2-c2ccccc2OC)c(O)cc1O. The van der Waals surface area contributed by atoms with Crippen LogP contribution in [0.2, 0.25) is 0 Å². The summed E-state index contributed by atoms with van der Waals surface area (Å²) in [6, 6.07) is 8.83. The van der Waals surface area contributed by atoms with Crippen molar-refractivity contribution >= 4 is 5.91 Å². The Balaban J connectivity index is 2.22. The molecule has 0 saturated carbocycles. The van der Waals surface area contributed by atoms with Crippen molar-refractivity contribution in [3.63, 3.8) is 0 Å². The Kier molecular flexibility index (Phi) is 5.08. The number of methoxy groups -OCH3 is 1. The first-order valence-corrected chi connectivity index (χ1v) is 8.48. The lowest BCUT2D eigenvalue weighted by molar-refractivity contribution is 0.0799. The molecule has 0 fully saturated rings. The van der Waals surface area contributed by atoms with E-state index < -0.39 is 11.9 Å². The number of carbonyl (C=O) groups excluding carboxylic acids is 1. The molecule has 9 nitrogen and oxygen atoms in total. The third-order valence-electron chi connectivity index (χ3n) is 4.38. The number of phenols is 2. The van der Waals surface area contributed by atoms with Gasteiger partial charge in [-0.1, -0.05) is 17.2 Å². The molecule has 0 atom stereocenters. The fourth-order valence-electron chi connectivity index (χ4n) is 2.76. The predicted octanol–water partition coefficient (Wildman–Crippen LogP) is 2.15. The van der Waals surface area contributed by atoms with Crippen LogP contribution >= 0.6 is 0 Å². The van der Waals surface area contributed by atoms with Gasteiger partial charge in [0.1, 0.15) is 17.2 Å². The molecule has 146 valence electrons. The number of phenolic OH excluding ortho intramolecular Hbond substituents is 2. The lowest BCUT2D eigenvalue weighted by Crippen LogP contribution is -2.26. The van der Waals surface area contributed by atoms with Crippen LogP contribution in [-0.2, 0) is 0 Å². The standard InChI is InChI=1S/C19H20N4O5/c1-4-22(2)18(26)12-9-11(14(24)10-15(12)25)17-20-21-19(27)23(17)13-7-5-6-8-16(13)28-3/h5-10,24-25H,4H2,1-3H3,(H,21,27). The number of aromatic hydroxyl groups is 3. The van der Waals surface area contributed by atoms with Gasteiger partial charge in [-0.3, -0.25) is 4.79 Å². The second-order valence-electron chi connectivity index (χ2n) is 6.04. The Morgan fingerprint density at radius 1 is 1.14 bits per heavy atom. The van der Waals surface area contributed by atoms with Crippen LogP contribution in [0.3, 0.4) is 0 Å². The number of ether oxygens (including phenoxy) is 1. The van der Waals surface area contributed by atoms with E-state index >= 15 is 0 Å². The molecule has 9 heteroatoms. The quantitative estimate of drug-likeness (QED) is 0.616. The Bertz CT molecular complexity index is 1030. The fourth-order valence-corrected chi connectivity index (χ4v) is 2.76. The minimum absolute atomic E-state index is 0.00813. The van der Waals surface area contributed by atoms with Crippen molar-refractivity contribution in [2.45, 2.75) is 6.92 Å². The molecular weight excluding hydrogens is 364 g/mol. The summed E-state index contributed by atoms with van der Waals surface area (Å²) in [7, 11) is 3.08. The van der Waals surface area contributed by atoms with Crippen molar-refractivity contribution in [3.05, 3.63) is 42.0 Å². The van der Waals surface area contributed by atoms with Gasteiger partial charge in [-0.25, -0.2) is 4.57 Å². The monoisotopic (exact) mass is 384 g/mol. The summed E-state index contributed by atoms with van der Waals surface area (Å²) >= 11 is 0. The number of benzene rings is 2. The first-order chi connectivity index (χ1) is 13.4.